The Morgan fingerprint density at radius 2 is 1.90 bits per heavy atom. The van der Waals surface area contributed by atoms with Gasteiger partial charge < -0.3 is 5.11 Å². The van der Waals surface area contributed by atoms with E-state index >= 15 is 0 Å². The number of hydrogen-bond acceptors (Lipinski definition) is 2. The molecule has 1 heterocycles. The van der Waals surface area contributed by atoms with Crippen LogP contribution in [0, 0.1) is 12.3 Å². The van der Waals surface area contributed by atoms with Gasteiger partial charge in [0.05, 0.1) is 5.69 Å². The van der Waals surface area contributed by atoms with E-state index in [4.69, 9.17) is 0 Å². The van der Waals surface area contributed by atoms with E-state index in [2.05, 4.69) is 36.2 Å². The molecule has 0 saturated heterocycles. The lowest BCUT2D eigenvalue weighted by atomic mass is 9.61. The number of aryl methyl sites for hydroxylation is 1. The molecule has 1 saturated carbocycles. The third-order valence-corrected chi connectivity index (χ3v) is 4.70. The highest BCUT2D eigenvalue weighted by Crippen LogP contribution is 2.52. The van der Waals surface area contributed by atoms with Gasteiger partial charge in [-0.3, -0.25) is 4.98 Å². The highest BCUT2D eigenvalue weighted by atomic mass is 16.3. The molecule has 1 atom stereocenters. The normalized spacial score (nSPS) is 18.3. The second-order valence-corrected chi connectivity index (χ2v) is 5.98. The summed E-state index contributed by atoms with van der Waals surface area (Å²) in [5, 5.41) is 10.8. The van der Waals surface area contributed by atoms with E-state index in [0.29, 0.717) is 0 Å². The molecule has 3 rings (SSSR count). The van der Waals surface area contributed by atoms with E-state index in [-0.39, 0.29) is 5.41 Å². The molecule has 1 aromatic carbocycles. The Balaban J connectivity index is 1.87. The van der Waals surface area contributed by atoms with Gasteiger partial charge in [-0.05, 0) is 49.4 Å². The minimum absolute atomic E-state index is 0.0273. The van der Waals surface area contributed by atoms with Crippen molar-refractivity contribution >= 4 is 0 Å². The Morgan fingerprint density at radius 1 is 1.15 bits per heavy atom. The van der Waals surface area contributed by atoms with Gasteiger partial charge in [-0.1, -0.05) is 36.8 Å². The molecular weight excluding hydrogens is 246 g/mol. The molecule has 0 spiro atoms. The number of benzene rings is 1. The summed E-state index contributed by atoms with van der Waals surface area (Å²) >= 11 is 0. The minimum atomic E-state index is -0.461. The van der Waals surface area contributed by atoms with Gasteiger partial charge in [-0.25, -0.2) is 0 Å². The largest absolute Gasteiger partial charge is 0.386 e. The van der Waals surface area contributed by atoms with Crippen molar-refractivity contribution in [2.75, 3.05) is 0 Å². The quantitative estimate of drug-likeness (QED) is 0.913. The molecule has 0 radical (unpaired) electrons. The van der Waals surface area contributed by atoms with E-state index in [1.54, 1.807) is 6.20 Å². The smallest absolute Gasteiger partial charge is 0.102 e. The van der Waals surface area contributed by atoms with Crippen molar-refractivity contribution in [2.45, 2.75) is 38.7 Å². The standard InChI is InChI=1S/C18H21NO/c1-14-7-2-3-8-15(14)13-18(10-6-11-18)17(20)16-9-4-5-12-19-16/h2-5,7-9,12,17,20H,6,10-11,13H2,1H3. The predicted molar refractivity (Wildman–Crippen MR) is 80.4 cm³/mol. The SMILES string of the molecule is Cc1ccccc1CC1(C(O)c2ccccn2)CCC1. The van der Waals surface area contributed by atoms with E-state index < -0.39 is 6.10 Å². The van der Waals surface area contributed by atoms with E-state index in [9.17, 15) is 5.11 Å². The molecule has 0 aliphatic heterocycles. The zero-order chi connectivity index (χ0) is 14.0. The van der Waals surface area contributed by atoms with Crippen LogP contribution in [0.4, 0.5) is 0 Å². The predicted octanol–water partition coefficient (Wildman–Crippen LogP) is 3.84. The van der Waals surface area contributed by atoms with Gasteiger partial charge in [0.2, 0.25) is 0 Å². The van der Waals surface area contributed by atoms with Crippen molar-refractivity contribution in [3.05, 3.63) is 65.5 Å². The monoisotopic (exact) mass is 267 g/mol. The van der Waals surface area contributed by atoms with Crippen molar-refractivity contribution in [3.63, 3.8) is 0 Å². The number of pyridine rings is 1. The van der Waals surface area contributed by atoms with Crippen LogP contribution in [0.3, 0.4) is 0 Å². The Hall–Kier alpha value is -1.67. The number of hydrogen-bond donors (Lipinski definition) is 1. The number of aliphatic hydroxyl groups is 1. The number of aliphatic hydroxyl groups excluding tert-OH is 1. The van der Waals surface area contributed by atoms with Gasteiger partial charge in [-0.2, -0.15) is 0 Å². The Labute approximate surface area is 120 Å². The fourth-order valence-electron chi connectivity index (χ4n) is 3.22. The summed E-state index contributed by atoms with van der Waals surface area (Å²) in [4.78, 5) is 4.34. The second-order valence-electron chi connectivity index (χ2n) is 5.98. The first kappa shape index (κ1) is 13.3. The third kappa shape index (κ3) is 2.36. The number of rotatable bonds is 4. The maximum absolute atomic E-state index is 10.8. The molecule has 1 aromatic heterocycles. The van der Waals surface area contributed by atoms with Crippen molar-refractivity contribution in [1.29, 1.82) is 0 Å². The topological polar surface area (TPSA) is 33.1 Å². The average molecular weight is 267 g/mol. The summed E-state index contributed by atoms with van der Waals surface area (Å²) in [5.74, 6) is 0. The summed E-state index contributed by atoms with van der Waals surface area (Å²) in [6, 6.07) is 14.3. The molecule has 20 heavy (non-hydrogen) atoms. The fraction of sp³-hybridized carbons (Fsp3) is 0.389. The van der Waals surface area contributed by atoms with Gasteiger partial charge in [0.15, 0.2) is 0 Å². The first-order chi connectivity index (χ1) is 9.71. The number of aromatic nitrogens is 1. The van der Waals surface area contributed by atoms with Crippen LogP contribution in [0.15, 0.2) is 48.7 Å². The van der Waals surface area contributed by atoms with Crippen LogP contribution in [0.25, 0.3) is 0 Å². The van der Waals surface area contributed by atoms with Crippen LogP contribution in [-0.4, -0.2) is 10.1 Å². The van der Waals surface area contributed by atoms with Crippen LogP contribution >= 0.6 is 0 Å². The summed E-state index contributed by atoms with van der Waals surface area (Å²) in [6.45, 7) is 2.15. The molecular formula is C18H21NO. The van der Waals surface area contributed by atoms with Crippen molar-refractivity contribution in [2.24, 2.45) is 5.41 Å². The van der Waals surface area contributed by atoms with Crippen molar-refractivity contribution < 1.29 is 5.11 Å². The zero-order valence-electron chi connectivity index (χ0n) is 11.9. The van der Waals surface area contributed by atoms with Gasteiger partial charge in [0.1, 0.15) is 6.10 Å². The van der Waals surface area contributed by atoms with Crippen LogP contribution in [0.5, 0.6) is 0 Å². The summed E-state index contributed by atoms with van der Waals surface area (Å²) in [6.07, 6.45) is 5.61. The maximum Gasteiger partial charge on any atom is 0.102 e. The Morgan fingerprint density at radius 3 is 2.50 bits per heavy atom. The van der Waals surface area contributed by atoms with Gasteiger partial charge >= 0.3 is 0 Å². The minimum Gasteiger partial charge on any atom is -0.386 e. The molecule has 1 aliphatic carbocycles. The van der Waals surface area contributed by atoms with Crippen LogP contribution in [-0.2, 0) is 6.42 Å². The lowest BCUT2D eigenvalue weighted by molar-refractivity contribution is -0.0394. The third-order valence-electron chi connectivity index (χ3n) is 4.70. The first-order valence-corrected chi connectivity index (χ1v) is 7.35. The number of nitrogens with zero attached hydrogens (tertiary/aromatic N) is 1. The molecule has 0 amide bonds. The molecule has 0 bridgehead atoms. The zero-order valence-corrected chi connectivity index (χ0v) is 11.9. The van der Waals surface area contributed by atoms with Crippen molar-refractivity contribution in [3.8, 4) is 0 Å². The van der Waals surface area contributed by atoms with E-state index in [0.717, 1.165) is 25.0 Å². The Kier molecular flexibility index (Phi) is 3.58. The molecule has 2 aromatic rings. The van der Waals surface area contributed by atoms with E-state index in [1.807, 2.05) is 18.2 Å². The lowest BCUT2D eigenvalue weighted by Gasteiger charge is -2.45. The molecule has 1 unspecified atom stereocenters. The molecule has 1 fully saturated rings. The van der Waals surface area contributed by atoms with Crippen LogP contribution in [0.2, 0.25) is 0 Å². The summed E-state index contributed by atoms with van der Waals surface area (Å²) in [7, 11) is 0. The average Bonchev–Trinajstić information content (AvgIpc) is 2.45. The maximum atomic E-state index is 10.8. The molecule has 1 aliphatic rings. The van der Waals surface area contributed by atoms with Gasteiger partial charge in [0.25, 0.3) is 0 Å². The molecule has 2 heteroatoms. The second kappa shape index (κ2) is 5.37. The molecule has 2 nitrogen and oxygen atoms in total. The fourth-order valence-corrected chi connectivity index (χ4v) is 3.22. The summed E-state index contributed by atoms with van der Waals surface area (Å²) in [5.41, 5.74) is 3.44. The van der Waals surface area contributed by atoms with Crippen LogP contribution < -0.4 is 0 Å². The highest BCUT2D eigenvalue weighted by molar-refractivity contribution is 5.28. The van der Waals surface area contributed by atoms with Gasteiger partial charge in [0, 0.05) is 11.6 Å². The van der Waals surface area contributed by atoms with Crippen molar-refractivity contribution in [1.82, 2.24) is 4.98 Å². The Bertz CT molecular complexity index is 575. The summed E-state index contributed by atoms with van der Waals surface area (Å²) < 4.78 is 0. The highest BCUT2D eigenvalue weighted by Gasteiger charge is 2.44. The molecule has 1 N–H and O–H groups in total. The van der Waals surface area contributed by atoms with E-state index in [1.165, 1.54) is 17.5 Å². The van der Waals surface area contributed by atoms with Crippen LogP contribution in [0.1, 0.15) is 42.2 Å². The van der Waals surface area contributed by atoms with Gasteiger partial charge in [-0.15, -0.1) is 0 Å². The molecule has 104 valence electrons. The first-order valence-electron chi connectivity index (χ1n) is 7.35. The lowest BCUT2D eigenvalue weighted by Crippen LogP contribution is -2.38.